The SMILES string of the molecule is COC[C@H](C)COCc1ccc([C@H]2[C@H](COC(c3ccccc3)(c3ccccc3)c3ccccc3)CNC[C@@H]2OC(=O)C(O)c2ccccc2)cc1. The zero-order chi connectivity index (χ0) is 36.2. The number of aliphatic hydroxyl groups excluding tert-OH is 1. The minimum Gasteiger partial charge on any atom is -0.458 e. The molecule has 0 aliphatic carbocycles. The van der Waals surface area contributed by atoms with Gasteiger partial charge >= 0.3 is 5.97 Å². The summed E-state index contributed by atoms with van der Waals surface area (Å²) < 4.78 is 24.7. The molecule has 0 aromatic heterocycles. The summed E-state index contributed by atoms with van der Waals surface area (Å²) in [7, 11) is 1.70. The van der Waals surface area contributed by atoms with Gasteiger partial charge in [0, 0.05) is 38.0 Å². The van der Waals surface area contributed by atoms with Crippen LogP contribution in [0.25, 0.3) is 0 Å². The number of methoxy groups -OCH3 is 1. The highest BCUT2D eigenvalue weighted by atomic mass is 16.6. The fourth-order valence-electron chi connectivity index (χ4n) is 7.27. The molecule has 7 nitrogen and oxygen atoms in total. The fourth-order valence-corrected chi connectivity index (χ4v) is 7.27. The first-order chi connectivity index (χ1) is 25.5. The van der Waals surface area contributed by atoms with Gasteiger partial charge in [0.1, 0.15) is 11.7 Å². The van der Waals surface area contributed by atoms with Gasteiger partial charge in [0.05, 0.1) is 26.4 Å². The Morgan fingerprint density at radius 2 is 1.29 bits per heavy atom. The van der Waals surface area contributed by atoms with Gasteiger partial charge < -0.3 is 29.4 Å². The Hall–Kier alpha value is -4.63. The topological polar surface area (TPSA) is 86.3 Å². The van der Waals surface area contributed by atoms with Gasteiger partial charge in [-0.05, 0) is 33.4 Å². The van der Waals surface area contributed by atoms with Crippen molar-refractivity contribution >= 4 is 5.97 Å². The van der Waals surface area contributed by atoms with Crippen LogP contribution < -0.4 is 5.32 Å². The molecule has 270 valence electrons. The minimum atomic E-state index is -1.39. The number of hydrogen-bond donors (Lipinski definition) is 2. The summed E-state index contributed by atoms with van der Waals surface area (Å²) in [5.74, 6) is -0.680. The molecule has 5 atom stereocenters. The minimum absolute atomic E-state index is 0.0899. The fraction of sp³-hybridized carbons (Fsp3) is 0.311. The Kier molecular flexibility index (Phi) is 13.0. The van der Waals surface area contributed by atoms with Gasteiger partial charge in [-0.3, -0.25) is 0 Å². The first-order valence-corrected chi connectivity index (χ1v) is 18.1. The van der Waals surface area contributed by atoms with Crippen molar-refractivity contribution in [3.05, 3.63) is 179 Å². The van der Waals surface area contributed by atoms with E-state index in [0.29, 0.717) is 51.0 Å². The van der Waals surface area contributed by atoms with Crippen LogP contribution in [0.2, 0.25) is 0 Å². The maximum Gasteiger partial charge on any atom is 0.339 e. The second-order valence-corrected chi connectivity index (χ2v) is 13.6. The van der Waals surface area contributed by atoms with Crippen LogP contribution in [-0.2, 0) is 35.9 Å². The number of hydrogen-bond acceptors (Lipinski definition) is 7. The van der Waals surface area contributed by atoms with Crippen LogP contribution in [0.3, 0.4) is 0 Å². The van der Waals surface area contributed by atoms with Crippen molar-refractivity contribution in [1.82, 2.24) is 5.32 Å². The average molecular weight is 700 g/mol. The van der Waals surface area contributed by atoms with Crippen LogP contribution in [0.15, 0.2) is 146 Å². The van der Waals surface area contributed by atoms with Gasteiger partial charge in [-0.2, -0.15) is 0 Å². The lowest BCUT2D eigenvalue weighted by atomic mass is 9.77. The summed E-state index contributed by atoms with van der Waals surface area (Å²) in [6.07, 6.45) is -1.94. The maximum atomic E-state index is 13.5. The molecule has 0 saturated carbocycles. The van der Waals surface area contributed by atoms with Gasteiger partial charge in [0.2, 0.25) is 0 Å². The number of esters is 1. The number of piperidine rings is 1. The predicted molar refractivity (Wildman–Crippen MR) is 203 cm³/mol. The van der Waals surface area contributed by atoms with Crippen LogP contribution in [0.4, 0.5) is 0 Å². The number of carbonyl (C=O) groups is 1. The molecule has 0 spiro atoms. The van der Waals surface area contributed by atoms with Crippen molar-refractivity contribution < 1.29 is 28.8 Å². The Balaban J connectivity index is 1.32. The molecule has 6 rings (SSSR count). The van der Waals surface area contributed by atoms with Crippen molar-refractivity contribution in [3.8, 4) is 0 Å². The Morgan fingerprint density at radius 1 is 0.750 bits per heavy atom. The standard InChI is InChI=1S/C45H49NO6/c1-33(29-49-2)30-50-31-34-23-25-35(26-24-34)42-37(27-46-28-41(42)52-44(48)43(47)36-15-7-3-8-16-36)32-51-45(38-17-9-4-10-18-38,39-19-11-5-12-20-39)40-21-13-6-14-22-40/h3-26,33,37,41-43,46-47H,27-32H2,1-2H3/t33-,37-,41-,42-,43?/m0/s1. The van der Waals surface area contributed by atoms with Crippen molar-refractivity contribution in [1.29, 1.82) is 0 Å². The third kappa shape index (κ3) is 8.87. The Morgan fingerprint density at radius 3 is 1.83 bits per heavy atom. The van der Waals surface area contributed by atoms with E-state index in [4.69, 9.17) is 18.9 Å². The predicted octanol–water partition coefficient (Wildman–Crippen LogP) is 7.44. The summed E-state index contributed by atoms with van der Waals surface area (Å²) in [5.41, 5.74) is 4.74. The lowest BCUT2D eigenvalue weighted by Gasteiger charge is -2.42. The number of benzene rings is 5. The molecule has 7 heteroatoms. The third-order valence-corrected chi connectivity index (χ3v) is 9.81. The summed E-state index contributed by atoms with van der Waals surface area (Å²) in [5, 5.41) is 14.5. The molecule has 0 radical (unpaired) electrons. The first-order valence-electron chi connectivity index (χ1n) is 18.1. The molecule has 1 fully saturated rings. The van der Waals surface area contributed by atoms with Crippen molar-refractivity contribution in [2.45, 2.75) is 37.3 Å². The number of ether oxygens (including phenoxy) is 4. The molecule has 5 aromatic rings. The molecule has 1 heterocycles. The van der Waals surface area contributed by atoms with Gasteiger partial charge in [0.25, 0.3) is 0 Å². The van der Waals surface area contributed by atoms with E-state index in [1.165, 1.54) is 0 Å². The van der Waals surface area contributed by atoms with E-state index in [0.717, 1.165) is 27.8 Å². The van der Waals surface area contributed by atoms with Crippen LogP contribution >= 0.6 is 0 Å². The molecular formula is C45H49NO6. The summed E-state index contributed by atoms with van der Waals surface area (Å²) in [4.78, 5) is 13.5. The van der Waals surface area contributed by atoms with Crippen LogP contribution in [-0.4, -0.2) is 57.2 Å². The van der Waals surface area contributed by atoms with E-state index >= 15 is 0 Å². The molecule has 2 N–H and O–H groups in total. The van der Waals surface area contributed by atoms with Gasteiger partial charge in [-0.1, -0.05) is 153 Å². The highest BCUT2D eigenvalue weighted by Crippen LogP contribution is 2.42. The van der Waals surface area contributed by atoms with Gasteiger partial charge in [0.15, 0.2) is 6.10 Å². The molecule has 52 heavy (non-hydrogen) atoms. The van der Waals surface area contributed by atoms with E-state index in [9.17, 15) is 9.90 Å². The zero-order valence-corrected chi connectivity index (χ0v) is 30.0. The lowest BCUT2D eigenvalue weighted by Crippen LogP contribution is -2.50. The second-order valence-electron chi connectivity index (χ2n) is 13.6. The molecular weight excluding hydrogens is 650 g/mol. The van der Waals surface area contributed by atoms with Crippen molar-refractivity contribution in [3.63, 3.8) is 0 Å². The normalized spacial score (nSPS) is 18.7. The quantitative estimate of drug-likeness (QED) is 0.0818. The smallest absolute Gasteiger partial charge is 0.339 e. The largest absolute Gasteiger partial charge is 0.458 e. The zero-order valence-electron chi connectivity index (χ0n) is 30.0. The number of aliphatic hydroxyl groups is 1. The second kappa shape index (κ2) is 18.2. The van der Waals surface area contributed by atoms with Crippen molar-refractivity contribution in [2.75, 3.05) is 40.0 Å². The third-order valence-electron chi connectivity index (χ3n) is 9.81. The molecule has 1 saturated heterocycles. The van der Waals surface area contributed by atoms with Gasteiger partial charge in [-0.25, -0.2) is 4.79 Å². The summed E-state index contributed by atoms with van der Waals surface area (Å²) in [6, 6.07) is 48.3. The van der Waals surface area contributed by atoms with Crippen molar-refractivity contribution in [2.24, 2.45) is 11.8 Å². The molecule has 5 aromatic carbocycles. The molecule has 1 aliphatic heterocycles. The summed E-state index contributed by atoms with van der Waals surface area (Å²) >= 11 is 0. The average Bonchev–Trinajstić information content (AvgIpc) is 3.20. The maximum absolute atomic E-state index is 13.5. The first kappa shape index (κ1) is 37.1. The van der Waals surface area contributed by atoms with E-state index < -0.39 is 23.8 Å². The number of carbonyl (C=O) groups excluding carboxylic acids is 1. The van der Waals surface area contributed by atoms with E-state index in [-0.39, 0.29) is 11.8 Å². The van der Waals surface area contributed by atoms with E-state index in [1.807, 2.05) is 60.7 Å². The summed E-state index contributed by atoms with van der Waals surface area (Å²) in [6.45, 7) is 5.30. The number of nitrogens with one attached hydrogen (secondary N) is 1. The van der Waals surface area contributed by atoms with E-state index in [1.54, 1.807) is 31.4 Å². The van der Waals surface area contributed by atoms with Crippen LogP contribution in [0.5, 0.6) is 0 Å². The van der Waals surface area contributed by atoms with Crippen LogP contribution in [0.1, 0.15) is 52.3 Å². The number of rotatable bonds is 16. The Bertz CT molecular complexity index is 1690. The highest BCUT2D eigenvalue weighted by Gasteiger charge is 2.42. The van der Waals surface area contributed by atoms with E-state index in [2.05, 4.69) is 72.9 Å². The monoisotopic (exact) mass is 699 g/mol. The molecule has 0 bridgehead atoms. The highest BCUT2D eigenvalue weighted by molar-refractivity contribution is 5.76. The lowest BCUT2D eigenvalue weighted by molar-refractivity contribution is -0.163. The molecule has 1 unspecified atom stereocenters. The van der Waals surface area contributed by atoms with Crippen LogP contribution in [0, 0.1) is 11.8 Å². The molecule has 0 amide bonds. The Labute approximate surface area is 307 Å². The van der Waals surface area contributed by atoms with Gasteiger partial charge in [-0.15, -0.1) is 0 Å². The molecule has 1 aliphatic rings.